The highest BCUT2D eigenvalue weighted by Gasteiger charge is 2.13. The Morgan fingerprint density at radius 1 is 1.17 bits per heavy atom. The van der Waals surface area contributed by atoms with Gasteiger partial charge < -0.3 is 15.2 Å². The predicted octanol–water partition coefficient (Wildman–Crippen LogP) is 3.46. The molecular weight excluding hydrogens is 318 g/mol. The number of benzene rings is 2. The Balaban J connectivity index is 2.08. The van der Waals surface area contributed by atoms with Crippen molar-refractivity contribution in [3.8, 4) is 5.75 Å². The molecule has 0 unspecified atom stereocenters. The van der Waals surface area contributed by atoms with Crippen molar-refractivity contribution in [2.75, 3.05) is 12.4 Å². The number of carbonyl (C=O) groups excluding carboxylic acids is 2. The molecule has 0 atom stereocenters. The Kier molecular flexibility index (Phi) is 5.38. The number of amides is 1. The van der Waals surface area contributed by atoms with E-state index in [2.05, 4.69) is 5.32 Å². The minimum Gasteiger partial charge on any atom is -0.507 e. The Morgan fingerprint density at radius 3 is 2.52 bits per heavy atom. The molecule has 1 amide bonds. The van der Waals surface area contributed by atoms with E-state index in [-0.39, 0.29) is 5.76 Å². The first-order valence-electron chi connectivity index (χ1n) is 6.65. The molecule has 0 aliphatic rings. The van der Waals surface area contributed by atoms with Crippen LogP contribution in [0.3, 0.4) is 0 Å². The average Bonchev–Trinajstić information content (AvgIpc) is 2.55. The van der Waals surface area contributed by atoms with Gasteiger partial charge in [-0.05, 0) is 36.4 Å². The summed E-state index contributed by atoms with van der Waals surface area (Å²) in [6.07, 6.45) is 0.860. The number of hydrogen-bond acceptors (Lipinski definition) is 4. The van der Waals surface area contributed by atoms with E-state index in [0.717, 1.165) is 6.08 Å². The zero-order chi connectivity index (χ0) is 16.8. The van der Waals surface area contributed by atoms with Gasteiger partial charge >= 0.3 is 0 Å². The number of ether oxygens (including phenoxy) is 1. The second-order valence-electron chi connectivity index (χ2n) is 4.59. The quantitative estimate of drug-likeness (QED) is 0.500. The highest BCUT2D eigenvalue weighted by Crippen LogP contribution is 2.17. The topological polar surface area (TPSA) is 75.6 Å². The number of ketones is 1. The van der Waals surface area contributed by atoms with Crippen molar-refractivity contribution < 1.29 is 19.4 Å². The van der Waals surface area contributed by atoms with Crippen molar-refractivity contribution in [2.24, 2.45) is 0 Å². The van der Waals surface area contributed by atoms with Crippen LogP contribution in [0.15, 0.2) is 54.6 Å². The summed E-state index contributed by atoms with van der Waals surface area (Å²) in [4.78, 5) is 23.7. The first-order chi connectivity index (χ1) is 11.0. The second kappa shape index (κ2) is 7.47. The lowest BCUT2D eigenvalue weighted by atomic mass is 10.1. The third kappa shape index (κ3) is 4.59. The van der Waals surface area contributed by atoms with Gasteiger partial charge in [-0.15, -0.1) is 0 Å². The molecule has 0 radical (unpaired) electrons. The molecule has 2 N–H and O–H groups in total. The summed E-state index contributed by atoms with van der Waals surface area (Å²) in [5, 5.41) is 12.8. The van der Waals surface area contributed by atoms with Crippen LogP contribution >= 0.6 is 11.6 Å². The molecule has 0 saturated carbocycles. The number of methoxy groups -OCH3 is 1. The Hall–Kier alpha value is -2.79. The maximum absolute atomic E-state index is 11.9. The maximum Gasteiger partial charge on any atom is 0.296 e. The maximum atomic E-state index is 11.9. The Bertz CT molecular complexity index is 753. The van der Waals surface area contributed by atoms with Crippen molar-refractivity contribution in [3.63, 3.8) is 0 Å². The van der Waals surface area contributed by atoms with Crippen molar-refractivity contribution in [2.45, 2.75) is 0 Å². The summed E-state index contributed by atoms with van der Waals surface area (Å²) in [7, 11) is 1.50. The molecule has 2 rings (SSSR count). The van der Waals surface area contributed by atoms with Gasteiger partial charge in [-0.3, -0.25) is 9.59 Å². The predicted molar refractivity (Wildman–Crippen MR) is 88.7 cm³/mol. The fraction of sp³-hybridized carbons (Fsp3) is 0.0588. The SMILES string of the molecule is COc1cccc(NC(=O)C(=O)/C=C(\O)c2ccc(Cl)cc2)c1. The lowest BCUT2D eigenvalue weighted by molar-refractivity contribution is -0.131. The van der Waals surface area contributed by atoms with Gasteiger partial charge in [0.2, 0.25) is 5.78 Å². The second-order valence-corrected chi connectivity index (χ2v) is 5.02. The van der Waals surface area contributed by atoms with Crippen LogP contribution in [0.5, 0.6) is 5.75 Å². The van der Waals surface area contributed by atoms with E-state index in [9.17, 15) is 14.7 Å². The van der Waals surface area contributed by atoms with E-state index < -0.39 is 11.7 Å². The molecule has 2 aromatic rings. The number of nitrogens with one attached hydrogen (secondary N) is 1. The van der Waals surface area contributed by atoms with Crippen LogP contribution in [0.2, 0.25) is 5.02 Å². The minimum atomic E-state index is -0.875. The first kappa shape index (κ1) is 16.6. The molecule has 2 aromatic carbocycles. The Labute approximate surface area is 138 Å². The average molecular weight is 332 g/mol. The normalized spacial score (nSPS) is 11.0. The summed E-state index contributed by atoms with van der Waals surface area (Å²) in [5.41, 5.74) is 0.805. The van der Waals surface area contributed by atoms with Gasteiger partial charge in [-0.2, -0.15) is 0 Å². The van der Waals surface area contributed by atoms with E-state index in [4.69, 9.17) is 16.3 Å². The number of anilines is 1. The Morgan fingerprint density at radius 2 is 1.87 bits per heavy atom. The van der Waals surface area contributed by atoms with Gasteiger partial charge in [0.1, 0.15) is 11.5 Å². The molecule has 23 heavy (non-hydrogen) atoms. The smallest absolute Gasteiger partial charge is 0.296 e. The van der Waals surface area contributed by atoms with Gasteiger partial charge in [0.15, 0.2) is 0 Å². The van der Waals surface area contributed by atoms with Crippen LogP contribution in [0.4, 0.5) is 5.69 Å². The lowest BCUT2D eigenvalue weighted by Gasteiger charge is -2.05. The first-order valence-corrected chi connectivity index (χ1v) is 7.03. The molecule has 0 aliphatic heterocycles. The van der Waals surface area contributed by atoms with Crippen LogP contribution in [-0.4, -0.2) is 23.9 Å². The highest BCUT2D eigenvalue weighted by molar-refractivity contribution is 6.45. The van der Waals surface area contributed by atoms with E-state index >= 15 is 0 Å². The fourth-order valence-electron chi connectivity index (χ4n) is 1.79. The van der Waals surface area contributed by atoms with Crippen molar-refractivity contribution >= 4 is 34.7 Å². The number of aliphatic hydroxyl groups is 1. The van der Waals surface area contributed by atoms with Crippen molar-refractivity contribution in [1.82, 2.24) is 0 Å². The van der Waals surface area contributed by atoms with Gasteiger partial charge in [0.05, 0.1) is 7.11 Å². The number of rotatable bonds is 5. The van der Waals surface area contributed by atoms with E-state index in [1.165, 1.54) is 7.11 Å². The molecule has 0 heterocycles. The zero-order valence-corrected chi connectivity index (χ0v) is 13.0. The van der Waals surface area contributed by atoms with E-state index in [1.807, 2.05) is 0 Å². The zero-order valence-electron chi connectivity index (χ0n) is 12.2. The summed E-state index contributed by atoms with van der Waals surface area (Å²) < 4.78 is 5.03. The molecule has 5 nitrogen and oxygen atoms in total. The van der Waals surface area contributed by atoms with Crippen molar-refractivity contribution in [3.05, 3.63) is 65.2 Å². The molecular formula is C17H14ClNO4. The van der Waals surface area contributed by atoms with Gasteiger partial charge in [-0.25, -0.2) is 0 Å². The monoisotopic (exact) mass is 331 g/mol. The molecule has 6 heteroatoms. The third-order valence-electron chi connectivity index (χ3n) is 2.96. The number of aliphatic hydroxyl groups excluding tert-OH is 1. The highest BCUT2D eigenvalue weighted by atomic mass is 35.5. The summed E-state index contributed by atoms with van der Waals surface area (Å²) in [5.74, 6) is -1.50. The van der Waals surface area contributed by atoms with Crippen molar-refractivity contribution in [1.29, 1.82) is 0 Å². The van der Waals surface area contributed by atoms with E-state index in [0.29, 0.717) is 22.0 Å². The van der Waals surface area contributed by atoms with Crippen LogP contribution < -0.4 is 10.1 Å². The molecule has 0 fully saturated rings. The molecule has 0 aliphatic carbocycles. The molecule has 0 aromatic heterocycles. The standard InChI is InChI=1S/C17H14ClNO4/c1-23-14-4-2-3-13(9-14)19-17(22)16(21)10-15(20)11-5-7-12(18)8-6-11/h2-10,20H,1H3,(H,19,22)/b15-10-. The van der Waals surface area contributed by atoms with Gasteiger partial charge in [0, 0.05) is 28.4 Å². The molecule has 0 spiro atoms. The summed E-state index contributed by atoms with van der Waals surface area (Å²) in [6.45, 7) is 0. The third-order valence-corrected chi connectivity index (χ3v) is 3.21. The van der Waals surface area contributed by atoms with Crippen LogP contribution in [0.1, 0.15) is 5.56 Å². The lowest BCUT2D eigenvalue weighted by Crippen LogP contribution is -2.21. The molecule has 118 valence electrons. The molecule has 0 saturated heterocycles. The van der Waals surface area contributed by atoms with Crippen LogP contribution in [0.25, 0.3) is 5.76 Å². The van der Waals surface area contributed by atoms with E-state index in [1.54, 1.807) is 48.5 Å². The fourth-order valence-corrected chi connectivity index (χ4v) is 1.91. The van der Waals surface area contributed by atoms with Gasteiger partial charge in [-0.1, -0.05) is 17.7 Å². The number of carbonyl (C=O) groups is 2. The number of halogens is 1. The van der Waals surface area contributed by atoms with Gasteiger partial charge in [0.25, 0.3) is 5.91 Å². The molecule has 0 bridgehead atoms. The van der Waals surface area contributed by atoms with Crippen LogP contribution in [-0.2, 0) is 9.59 Å². The van der Waals surface area contributed by atoms with Crippen LogP contribution in [0, 0.1) is 0 Å². The number of hydrogen-bond donors (Lipinski definition) is 2. The minimum absolute atomic E-state index is 0.313. The largest absolute Gasteiger partial charge is 0.507 e. The summed E-state index contributed by atoms with van der Waals surface area (Å²) in [6, 6.07) is 12.8. The summed E-state index contributed by atoms with van der Waals surface area (Å²) >= 11 is 5.75.